The fraction of sp³-hybridized carbons (Fsp3) is 0.417. The minimum Gasteiger partial charge on any atom is -0.392 e. The molecule has 0 spiro atoms. The molecule has 100 valence electrons. The van der Waals surface area contributed by atoms with Crippen molar-refractivity contribution in [2.75, 3.05) is 4.72 Å². The average Bonchev–Trinajstić information content (AvgIpc) is 2.29. The van der Waals surface area contributed by atoms with Gasteiger partial charge in [0.1, 0.15) is 5.25 Å². The molecule has 0 heterocycles. The van der Waals surface area contributed by atoms with Crippen LogP contribution in [0.3, 0.4) is 0 Å². The molecule has 0 fully saturated rings. The first-order valence-corrected chi connectivity index (χ1v) is 7.76. The average molecular weight is 286 g/mol. The summed E-state index contributed by atoms with van der Waals surface area (Å²) in [7, 11) is -3.56. The summed E-state index contributed by atoms with van der Waals surface area (Å²) in [6, 6.07) is 7.25. The van der Waals surface area contributed by atoms with Crippen LogP contribution in [0.1, 0.15) is 25.8 Å². The van der Waals surface area contributed by atoms with Gasteiger partial charge in [-0.3, -0.25) is 4.72 Å². The lowest BCUT2D eigenvalue weighted by molar-refractivity contribution is 0.594. The third-order valence-electron chi connectivity index (χ3n) is 2.68. The van der Waals surface area contributed by atoms with E-state index in [2.05, 4.69) is 4.72 Å². The zero-order valence-electron chi connectivity index (χ0n) is 10.5. The van der Waals surface area contributed by atoms with E-state index >= 15 is 0 Å². The van der Waals surface area contributed by atoms with Crippen molar-refractivity contribution >= 4 is 32.9 Å². The van der Waals surface area contributed by atoms with Crippen molar-refractivity contribution in [3.63, 3.8) is 0 Å². The van der Waals surface area contributed by atoms with E-state index in [1.807, 2.05) is 19.1 Å². The molecular formula is C12H18N2O2S2. The van der Waals surface area contributed by atoms with Crippen molar-refractivity contribution in [1.29, 1.82) is 0 Å². The first-order chi connectivity index (χ1) is 8.40. The monoisotopic (exact) mass is 286 g/mol. The lowest BCUT2D eigenvalue weighted by atomic mass is 10.2. The fourth-order valence-electron chi connectivity index (χ4n) is 1.62. The highest BCUT2D eigenvalue weighted by atomic mass is 32.2. The van der Waals surface area contributed by atoms with Crippen LogP contribution in [0, 0.1) is 0 Å². The van der Waals surface area contributed by atoms with Gasteiger partial charge in [-0.25, -0.2) is 8.42 Å². The van der Waals surface area contributed by atoms with E-state index in [1.54, 1.807) is 19.1 Å². The summed E-state index contributed by atoms with van der Waals surface area (Å²) in [5.41, 5.74) is 7.13. The van der Waals surface area contributed by atoms with Crippen LogP contribution >= 0.6 is 12.2 Å². The van der Waals surface area contributed by atoms with Crippen LogP contribution in [-0.2, 0) is 16.4 Å². The number of sulfonamides is 1. The number of thiocarbonyl (C=S) groups is 1. The second-order valence-corrected chi connectivity index (χ2v) is 6.33. The predicted octanol–water partition coefficient (Wildman–Crippen LogP) is 2.06. The van der Waals surface area contributed by atoms with Crippen LogP contribution in [0.4, 0.5) is 5.69 Å². The Labute approximate surface area is 114 Å². The van der Waals surface area contributed by atoms with Gasteiger partial charge in [0.15, 0.2) is 0 Å². The van der Waals surface area contributed by atoms with Gasteiger partial charge in [0.05, 0.1) is 4.99 Å². The summed E-state index contributed by atoms with van der Waals surface area (Å²) in [6.07, 6.45) is 1.27. The number of nitrogens with two attached hydrogens (primary N) is 1. The molecule has 0 saturated carbocycles. The Bertz CT molecular complexity index is 509. The number of nitrogens with one attached hydrogen (secondary N) is 1. The van der Waals surface area contributed by atoms with Crippen molar-refractivity contribution in [1.82, 2.24) is 0 Å². The van der Waals surface area contributed by atoms with Gasteiger partial charge in [0, 0.05) is 5.69 Å². The predicted molar refractivity (Wildman–Crippen MR) is 79.2 cm³/mol. The molecule has 0 aliphatic carbocycles. The first-order valence-electron chi connectivity index (χ1n) is 5.80. The normalized spacial score (nSPS) is 13.0. The highest BCUT2D eigenvalue weighted by molar-refractivity contribution is 7.95. The molecule has 0 saturated heterocycles. The minimum absolute atomic E-state index is 0.00446. The van der Waals surface area contributed by atoms with Crippen LogP contribution in [-0.4, -0.2) is 18.7 Å². The molecule has 0 bridgehead atoms. The summed E-state index contributed by atoms with van der Waals surface area (Å²) in [5, 5.41) is -0.835. The van der Waals surface area contributed by atoms with E-state index in [4.69, 9.17) is 18.0 Å². The summed E-state index contributed by atoms with van der Waals surface area (Å²) in [5.74, 6) is 0. The van der Waals surface area contributed by atoms with Crippen LogP contribution in [0.2, 0.25) is 0 Å². The van der Waals surface area contributed by atoms with E-state index < -0.39 is 15.3 Å². The van der Waals surface area contributed by atoms with Crippen LogP contribution < -0.4 is 10.5 Å². The third-order valence-corrected chi connectivity index (χ3v) is 4.98. The zero-order valence-corrected chi connectivity index (χ0v) is 12.1. The second kappa shape index (κ2) is 6.15. The smallest absolute Gasteiger partial charge is 0.242 e. The van der Waals surface area contributed by atoms with Crippen LogP contribution in [0.15, 0.2) is 24.3 Å². The van der Waals surface area contributed by atoms with E-state index in [-0.39, 0.29) is 4.99 Å². The zero-order chi connectivity index (χ0) is 13.8. The largest absolute Gasteiger partial charge is 0.392 e. The van der Waals surface area contributed by atoms with E-state index in [1.165, 1.54) is 0 Å². The molecule has 0 amide bonds. The van der Waals surface area contributed by atoms with Crippen LogP contribution in [0.25, 0.3) is 0 Å². The van der Waals surface area contributed by atoms with Gasteiger partial charge in [0.25, 0.3) is 0 Å². The van der Waals surface area contributed by atoms with Gasteiger partial charge in [-0.2, -0.15) is 0 Å². The Morgan fingerprint density at radius 2 is 1.89 bits per heavy atom. The topological polar surface area (TPSA) is 72.2 Å². The number of anilines is 1. The maximum Gasteiger partial charge on any atom is 0.242 e. The lowest BCUT2D eigenvalue weighted by Crippen LogP contribution is -2.37. The summed E-state index contributed by atoms with van der Waals surface area (Å²) >= 11 is 4.78. The minimum atomic E-state index is -3.56. The Balaban J connectivity index is 2.90. The van der Waals surface area contributed by atoms with Gasteiger partial charge in [-0.15, -0.1) is 0 Å². The highest BCUT2D eigenvalue weighted by Gasteiger charge is 2.26. The SMILES string of the molecule is CCc1ccc(NS(=O)(=O)C(CC)C(N)=S)cc1. The van der Waals surface area contributed by atoms with Gasteiger partial charge in [-0.05, 0) is 30.5 Å². The molecular weight excluding hydrogens is 268 g/mol. The third kappa shape index (κ3) is 3.68. The molecule has 0 radical (unpaired) electrons. The number of rotatable bonds is 6. The molecule has 1 aromatic carbocycles. The molecule has 3 N–H and O–H groups in total. The Morgan fingerprint density at radius 3 is 2.28 bits per heavy atom. The Morgan fingerprint density at radius 1 is 1.33 bits per heavy atom. The van der Waals surface area contributed by atoms with Crippen molar-refractivity contribution in [2.24, 2.45) is 5.73 Å². The van der Waals surface area contributed by atoms with E-state index in [0.717, 1.165) is 12.0 Å². The Kier molecular flexibility index (Phi) is 5.10. The maximum atomic E-state index is 12.0. The summed E-state index contributed by atoms with van der Waals surface area (Å²) in [4.78, 5) is -0.00446. The number of benzene rings is 1. The van der Waals surface area contributed by atoms with E-state index in [0.29, 0.717) is 12.1 Å². The van der Waals surface area contributed by atoms with Crippen molar-refractivity contribution in [3.8, 4) is 0 Å². The van der Waals surface area contributed by atoms with Crippen molar-refractivity contribution in [3.05, 3.63) is 29.8 Å². The first kappa shape index (κ1) is 14.9. The standard InChI is InChI=1S/C12H18N2O2S2/c1-3-9-5-7-10(8-6-9)14-18(15,16)11(4-2)12(13)17/h5-8,11,14H,3-4H2,1-2H3,(H2,13,17). The van der Waals surface area contributed by atoms with Crippen molar-refractivity contribution < 1.29 is 8.42 Å². The quantitative estimate of drug-likeness (QED) is 0.785. The Hall–Kier alpha value is -1.14. The molecule has 0 aliphatic heterocycles. The number of hydrogen-bond donors (Lipinski definition) is 2. The van der Waals surface area contributed by atoms with Gasteiger partial charge < -0.3 is 5.73 Å². The van der Waals surface area contributed by atoms with Gasteiger partial charge >= 0.3 is 0 Å². The molecule has 0 aromatic heterocycles. The molecule has 0 aliphatic rings. The molecule has 1 atom stereocenters. The number of hydrogen-bond acceptors (Lipinski definition) is 3. The highest BCUT2D eigenvalue weighted by Crippen LogP contribution is 2.15. The maximum absolute atomic E-state index is 12.0. The molecule has 6 heteroatoms. The van der Waals surface area contributed by atoms with Crippen LogP contribution in [0.5, 0.6) is 0 Å². The van der Waals surface area contributed by atoms with Crippen molar-refractivity contribution in [2.45, 2.75) is 31.9 Å². The fourth-order valence-corrected chi connectivity index (χ4v) is 3.52. The van der Waals surface area contributed by atoms with Gasteiger partial charge in [0.2, 0.25) is 10.0 Å². The molecule has 18 heavy (non-hydrogen) atoms. The molecule has 1 rings (SSSR count). The summed E-state index contributed by atoms with van der Waals surface area (Å²) < 4.78 is 26.6. The van der Waals surface area contributed by atoms with Gasteiger partial charge in [-0.1, -0.05) is 38.2 Å². The molecule has 4 nitrogen and oxygen atoms in total. The van der Waals surface area contributed by atoms with E-state index in [9.17, 15) is 8.42 Å². The molecule has 1 unspecified atom stereocenters. The lowest BCUT2D eigenvalue weighted by Gasteiger charge is -2.16. The number of aryl methyl sites for hydroxylation is 1. The summed E-state index contributed by atoms with van der Waals surface area (Å²) in [6.45, 7) is 3.78. The second-order valence-electron chi connectivity index (χ2n) is 4.00. The molecule has 1 aromatic rings.